The number of hydrogen-bond donors (Lipinski definition) is 4. The van der Waals surface area contributed by atoms with E-state index in [4.69, 9.17) is 33.2 Å². The van der Waals surface area contributed by atoms with Crippen molar-refractivity contribution in [3.8, 4) is 0 Å². The average molecular weight is 720 g/mol. The number of alkyl halides is 1. The van der Waals surface area contributed by atoms with E-state index in [0.29, 0.717) is 11.9 Å². The Morgan fingerprint density at radius 3 is 1.66 bits per heavy atom. The van der Waals surface area contributed by atoms with Crippen molar-refractivity contribution in [2.24, 2.45) is 0 Å². The maximum absolute atomic E-state index is 10.9. The molecule has 0 aliphatic carbocycles. The van der Waals surface area contributed by atoms with Gasteiger partial charge < -0.3 is 53.6 Å². The molecule has 10 atom stereocenters. The molecule has 0 spiro atoms. The summed E-state index contributed by atoms with van der Waals surface area (Å²) in [5.41, 5.74) is 2.84. The Bertz CT molecular complexity index is 1290. The van der Waals surface area contributed by atoms with Gasteiger partial charge in [0.25, 0.3) is 0 Å². The van der Waals surface area contributed by atoms with Gasteiger partial charge in [-0.1, -0.05) is 107 Å². The zero-order chi connectivity index (χ0) is 33.0. The van der Waals surface area contributed by atoms with Crippen molar-refractivity contribution in [2.45, 2.75) is 81.2 Å². The molecular weight excluding hydrogens is 676 g/mol. The number of ether oxygens (including phenoxy) is 7. The molecule has 2 fully saturated rings. The van der Waals surface area contributed by atoms with Crippen LogP contribution in [0.25, 0.3) is 0 Å². The SMILES string of the molecule is OCC1OC(OC2C(OCCBr)OC(COCc3ccccc3)C(OCc3ccccc3)C2OCc2ccccc2)C(O)C(O)C1O. The predicted octanol–water partition coefficient (Wildman–Crippen LogP) is 2.70. The Balaban J connectivity index is 1.45. The smallest absolute Gasteiger partial charge is 0.187 e. The number of rotatable bonds is 16. The molecule has 0 amide bonds. The van der Waals surface area contributed by atoms with Crippen LogP contribution in [0.3, 0.4) is 0 Å². The van der Waals surface area contributed by atoms with Crippen molar-refractivity contribution in [3.05, 3.63) is 108 Å². The van der Waals surface area contributed by atoms with Gasteiger partial charge in [-0.15, -0.1) is 0 Å². The molecular formula is C35H43BrO11. The van der Waals surface area contributed by atoms with Crippen molar-refractivity contribution in [3.63, 3.8) is 0 Å². The van der Waals surface area contributed by atoms with Gasteiger partial charge in [0.1, 0.15) is 48.8 Å². The van der Waals surface area contributed by atoms with Crippen LogP contribution in [-0.2, 0) is 53.0 Å². The first-order valence-corrected chi connectivity index (χ1v) is 16.8. The van der Waals surface area contributed by atoms with Gasteiger partial charge in [-0.3, -0.25) is 0 Å². The molecule has 256 valence electrons. The Morgan fingerprint density at radius 2 is 1.11 bits per heavy atom. The van der Waals surface area contributed by atoms with Crippen LogP contribution in [0.5, 0.6) is 0 Å². The highest BCUT2D eigenvalue weighted by Crippen LogP contribution is 2.34. The van der Waals surface area contributed by atoms with E-state index in [2.05, 4.69) is 15.9 Å². The number of hydrogen-bond acceptors (Lipinski definition) is 11. The predicted molar refractivity (Wildman–Crippen MR) is 173 cm³/mol. The van der Waals surface area contributed by atoms with Gasteiger partial charge in [0.05, 0.1) is 39.6 Å². The van der Waals surface area contributed by atoms with E-state index in [1.807, 2.05) is 91.0 Å². The lowest BCUT2D eigenvalue weighted by atomic mass is 9.96. The summed E-state index contributed by atoms with van der Waals surface area (Å²) in [6.45, 7) is 0.549. The van der Waals surface area contributed by atoms with Gasteiger partial charge in [-0.2, -0.15) is 0 Å². The van der Waals surface area contributed by atoms with E-state index in [1.165, 1.54) is 0 Å². The molecule has 47 heavy (non-hydrogen) atoms. The summed E-state index contributed by atoms with van der Waals surface area (Å²) >= 11 is 3.40. The Hall–Kier alpha value is -2.30. The second-order valence-electron chi connectivity index (χ2n) is 11.4. The van der Waals surface area contributed by atoms with Gasteiger partial charge in [0.15, 0.2) is 12.6 Å². The zero-order valence-corrected chi connectivity index (χ0v) is 27.5. The lowest BCUT2D eigenvalue weighted by Gasteiger charge is -2.48. The average Bonchev–Trinajstić information content (AvgIpc) is 3.11. The van der Waals surface area contributed by atoms with Crippen LogP contribution in [-0.4, -0.2) is 107 Å². The van der Waals surface area contributed by atoms with Crippen LogP contribution in [0.2, 0.25) is 0 Å². The normalized spacial score (nSPS) is 31.1. The van der Waals surface area contributed by atoms with Crippen molar-refractivity contribution in [2.75, 3.05) is 25.2 Å². The molecule has 2 saturated heterocycles. The molecule has 2 aliphatic rings. The molecule has 4 N–H and O–H groups in total. The minimum atomic E-state index is -1.64. The summed E-state index contributed by atoms with van der Waals surface area (Å²) in [6, 6.07) is 29.1. The molecule has 2 aliphatic heterocycles. The monoisotopic (exact) mass is 718 g/mol. The molecule has 3 aromatic carbocycles. The lowest BCUT2D eigenvalue weighted by molar-refractivity contribution is -0.374. The van der Waals surface area contributed by atoms with E-state index < -0.39 is 68.0 Å². The molecule has 11 nitrogen and oxygen atoms in total. The van der Waals surface area contributed by atoms with Crippen molar-refractivity contribution in [1.82, 2.24) is 0 Å². The zero-order valence-electron chi connectivity index (χ0n) is 25.9. The third-order valence-corrected chi connectivity index (χ3v) is 8.38. The number of benzene rings is 3. The molecule has 0 aromatic heterocycles. The second-order valence-corrected chi connectivity index (χ2v) is 12.2. The van der Waals surface area contributed by atoms with Gasteiger partial charge in [-0.05, 0) is 16.7 Å². The molecule has 0 radical (unpaired) electrons. The van der Waals surface area contributed by atoms with E-state index in [0.717, 1.165) is 16.7 Å². The summed E-state index contributed by atoms with van der Waals surface area (Å²) < 4.78 is 44.0. The standard InChI is InChI=1S/C35H43BrO11/c36-16-17-42-35-33(47-34-30(40)29(39)28(38)26(18-37)45-34)32(44-21-25-14-8-3-9-15-25)31(43-20-24-12-6-2-7-13-24)27(46-35)22-41-19-23-10-4-1-5-11-23/h1-15,26-35,37-40H,16-22H2. The summed E-state index contributed by atoms with van der Waals surface area (Å²) in [5.74, 6) is 0. The topological polar surface area (TPSA) is 146 Å². The van der Waals surface area contributed by atoms with Crippen LogP contribution < -0.4 is 0 Å². The third-order valence-electron chi connectivity index (χ3n) is 8.05. The maximum Gasteiger partial charge on any atom is 0.187 e. The quantitative estimate of drug-likeness (QED) is 0.162. The summed E-state index contributed by atoms with van der Waals surface area (Å²) in [6.07, 6.45) is -11.8. The highest BCUT2D eigenvalue weighted by molar-refractivity contribution is 9.09. The van der Waals surface area contributed by atoms with Gasteiger partial charge in [0.2, 0.25) is 0 Å². The molecule has 0 bridgehead atoms. The lowest BCUT2D eigenvalue weighted by Crippen LogP contribution is -2.65. The summed E-state index contributed by atoms with van der Waals surface area (Å²) in [5, 5.41) is 42.0. The number of aliphatic hydroxyl groups is 4. The molecule has 2 heterocycles. The minimum Gasteiger partial charge on any atom is -0.394 e. The first-order valence-electron chi connectivity index (χ1n) is 15.7. The van der Waals surface area contributed by atoms with Crippen LogP contribution in [0.15, 0.2) is 91.0 Å². The molecule has 5 rings (SSSR count). The Morgan fingerprint density at radius 1 is 0.574 bits per heavy atom. The minimum absolute atomic E-state index is 0.139. The number of aliphatic hydroxyl groups excluding tert-OH is 4. The van der Waals surface area contributed by atoms with Gasteiger partial charge in [-0.25, -0.2) is 0 Å². The third kappa shape index (κ3) is 9.88. The second kappa shape index (κ2) is 18.5. The van der Waals surface area contributed by atoms with Crippen LogP contribution in [0, 0.1) is 0 Å². The van der Waals surface area contributed by atoms with Gasteiger partial charge in [0, 0.05) is 5.33 Å². The van der Waals surface area contributed by atoms with Crippen molar-refractivity contribution < 1.29 is 53.6 Å². The van der Waals surface area contributed by atoms with E-state index in [-0.39, 0.29) is 26.4 Å². The van der Waals surface area contributed by atoms with Crippen molar-refractivity contribution in [1.29, 1.82) is 0 Å². The fraction of sp³-hybridized carbons (Fsp3) is 0.486. The molecule has 3 aromatic rings. The first-order chi connectivity index (χ1) is 23.0. The van der Waals surface area contributed by atoms with E-state index in [9.17, 15) is 20.4 Å². The van der Waals surface area contributed by atoms with Gasteiger partial charge >= 0.3 is 0 Å². The van der Waals surface area contributed by atoms with E-state index >= 15 is 0 Å². The largest absolute Gasteiger partial charge is 0.394 e. The van der Waals surface area contributed by atoms with Crippen LogP contribution >= 0.6 is 15.9 Å². The summed E-state index contributed by atoms with van der Waals surface area (Å²) in [4.78, 5) is 0. The molecule has 0 saturated carbocycles. The highest BCUT2D eigenvalue weighted by atomic mass is 79.9. The fourth-order valence-corrected chi connectivity index (χ4v) is 5.77. The Labute approximate surface area is 283 Å². The maximum atomic E-state index is 10.9. The number of halogens is 1. The fourth-order valence-electron chi connectivity index (χ4n) is 5.58. The molecule has 10 unspecified atom stereocenters. The van der Waals surface area contributed by atoms with Crippen molar-refractivity contribution >= 4 is 15.9 Å². The molecule has 12 heteroatoms. The van der Waals surface area contributed by atoms with E-state index in [1.54, 1.807) is 0 Å². The Kier molecular flexibility index (Phi) is 14.1. The summed E-state index contributed by atoms with van der Waals surface area (Å²) in [7, 11) is 0. The first kappa shape index (κ1) is 36.0. The highest BCUT2D eigenvalue weighted by Gasteiger charge is 2.52. The van der Waals surface area contributed by atoms with Crippen LogP contribution in [0.4, 0.5) is 0 Å². The van der Waals surface area contributed by atoms with Crippen LogP contribution in [0.1, 0.15) is 16.7 Å².